The quantitative estimate of drug-likeness (QED) is 0.862. The Morgan fingerprint density at radius 1 is 1.37 bits per heavy atom. The largest absolute Gasteiger partial charge is 0.352 e. The van der Waals surface area contributed by atoms with Gasteiger partial charge in [-0.1, -0.05) is 51.1 Å². The van der Waals surface area contributed by atoms with E-state index in [9.17, 15) is 4.79 Å². The van der Waals surface area contributed by atoms with Crippen molar-refractivity contribution >= 4 is 17.7 Å². The van der Waals surface area contributed by atoms with E-state index in [2.05, 4.69) is 38.2 Å². The molecule has 1 aliphatic rings. The van der Waals surface area contributed by atoms with Gasteiger partial charge in [-0.15, -0.1) is 11.8 Å². The molecule has 1 amide bonds. The summed E-state index contributed by atoms with van der Waals surface area (Å²) in [6.45, 7) is 6.43. The van der Waals surface area contributed by atoms with E-state index in [4.69, 9.17) is 0 Å². The number of nitrogens with one attached hydrogen (secondary N) is 1. The van der Waals surface area contributed by atoms with Gasteiger partial charge in [0, 0.05) is 11.8 Å². The Labute approximate surface area is 120 Å². The van der Waals surface area contributed by atoms with Crippen LogP contribution < -0.4 is 5.32 Å². The normalized spacial score (nSPS) is 23.2. The van der Waals surface area contributed by atoms with E-state index in [1.165, 1.54) is 5.56 Å². The number of carbonyl (C=O) groups excluding carboxylic acids is 1. The Kier molecular flexibility index (Phi) is 4.92. The molecular weight excluding hydrogens is 254 g/mol. The first-order chi connectivity index (χ1) is 9.08. The molecule has 1 aliphatic carbocycles. The molecule has 19 heavy (non-hydrogen) atoms. The van der Waals surface area contributed by atoms with Gasteiger partial charge in [-0.2, -0.15) is 0 Å². The fraction of sp³-hybridized carbons (Fsp3) is 0.562. The number of carbonyl (C=O) groups is 1. The van der Waals surface area contributed by atoms with E-state index in [1.807, 2.05) is 18.2 Å². The molecule has 0 aliphatic heterocycles. The lowest BCUT2D eigenvalue weighted by molar-refractivity contribution is -0.121. The van der Waals surface area contributed by atoms with Crippen molar-refractivity contribution in [2.24, 2.45) is 11.8 Å². The number of hydrogen-bond donors (Lipinski definition) is 1. The highest BCUT2D eigenvalue weighted by atomic mass is 32.2. The third kappa shape index (κ3) is 4.27. The predicted molar refractivity (Wildman–Crippen MR) is 82.1 cm³/mol. The molecule has 2 nitrogen and oxygen atoms in total. The van der Waals surface area contributed by atoms with Gasteiger partial charge < -0.3 is 5.32 Å². The zero-order chi connectivity index (χ0) is 13.8. The molecule has 1 fully saturated rings. The molecule has 3 heteroatoms. The molecule has 1 aromatic carbocycles. The highest BCUT2D eigenvalue weighted by Gasteiger charge is 2.36. The van der Waals surface area contributed by atoms with Crippen LogP contribution in [0.2, 0.25) is 0 Å². The molecule has 3 unspecified atom stereocenters. The summed E-state index contributed by atoms with van der Waals surface area (Å²) in [4.78, 5) is 12.3. The Morgan fingerprint density at radius 3 is 2.53 bits per heavy atom. The standard InChI is InChI=1S/C16H23NOS/c1-11(2)15(16(18)17-14-9-12(14)3)19-10-13-7-5-4-6-8-13/h4-8,11-12,14-15H,9-10H2,1-3H3,(H,17,18). The molecule has 1 aromatic rings. The summed E-state index contributed by atoms with van der Waals surface area (Å²) in [5, 5.41) is 3.21. The second kappa shape index (κ2) is 6.47. The van der Waals surface area contributed by atoms with Crippen LogP contribution in [0.3, 0.4) is 0 Å². The van der Waals surface area contributed by atoms with Crippen LogP contribution in [0.25, 0.3) is 0 Å². The van der Waals surface area contributed by atoms with Gasteiger partial charge in [0.15, 0.2) is 0 Å². The monoisotopic (exact) mass is 277 g/mol. The summed E-state index contributed by atoms with van der Waals surface area (Å²) in [6.07, 6.45) is 1.14. The maximum Gasteiger partial charge on any atom is 0.233 e. The fourth-order valence-corrected chi connectivity index (χ4v) is 3.29. The van der Waals surface area contributed by atoms with Crippen LogP contribution in [-0.2, 0) is 10.5 Å². The van der Waals surface area contributed by atoms with Crippen molar-refractivity contribution < 1.29 is 4.79 Å². The average Bonchev–Trinajstić information content (AvgIpc) is 3.06. The molecule has 0 radical (unpaired) electrons. The van der Waals surface area contributed by atoms with Crippen LogP contribution in [0.4, 0.5) is 0 Å². The zero-order valence-electron chi connectivity index (χ0n) is 11.9. The smallest absolute Gasteiger partial charge is 0.233 e. The SMILES string of the molecule is CC(C)C(SCc1ccccc1)C(=O)NC1CC1C. The number of hydrogen-bond acceptors (Lipinski definition) is 2. The number of benzene rings is 1. The van der Waals surface area contributed by atoms with E-state index in [0.717, 1.165) is 12.2 Å². The molecule has 2 rings (SSSR count). The topological polar surface area (TPSA) is 29.1 Å². The minimum absolute atomic E-state index is 0.0491. The molecule has 1 N–H and O–H groups in total. The Balaban J connectivity index is 1.87. The first-order valence-electron chi connectivity index (χ1n) is 7.04. The highest BCUT2D eigenvalue weighted by Crippen LogP contribution is 2.31. The maximum atomic E-state index is 12.3. The highest BCUT2D eigenvalue weighted by molar-refractivity contribution is 7.99. The molecule has 104 valence electrons. The Bertz CT molecular complexity index is 418. The van der Waals surface area contributed by atoms with E-state index in [0.29, 0.717) is 17.9 Å². The van der Waals surface area contributed by atoms with Gasteiger partial charge in [-0.25, -0.2) is 0 Å². The lowest BCUT2D eigenvalue weighted by atomic mass is 10.1. The molecule has 0 spiro atoms. The summed E-state index contributed by atoms with van der Waals surface area (Å²) in [5.74, 6) is 2.14. The van der Waals surface area contributed by atoms with Crippen molar-refractivity contribution in [1.29, 1.82) is 0 Å². The first-order valence-corrected chi connectivity index (χ1v) is 8.08. The minimum Gasteiger partial charge on any atom is -0.352 e. The molecule has 0 aromatic heterocycles. The average molecular weight is 277 g/mol. The molecule has 0 saturated heterocycles. The van der Waals surface area contributed by atoms with Crippen LogP contribution in [0.1, 0.15) is 32.8 Å². The van der Waals surface area contributed by atoms with Crippen LogP contribution in [-0.4, -0.2) is 17.2 Å². The van der Waals surface area contributed by atoms with Gasteiger partial charge in [0.2, 0.25) is 5.91 Å². The molecule has 3 atom stereocenters. The van der Waals surface area contributed by atoms with E-state index in [1.54, 1.807) is 11.8 Å². The van der Waals surface area contributed by atoms with Crippen molar-refractivity contribution in [3.05, 3.63) is 35.9 Å². The summed E-state index contributed by atoms with van der Waals surface area (Å²) in [6, 6.07) is 10.8. The second-order valence-electron chi connectivity index (χ2n) is 5.79. The number of amides is 1. The van der Waals surface area contributed by atoms with Gasteiger partial charge in [-0.05, 0) is 23.8 Å². The summed E-state index contributed by atoms with van der Waals surface area (Å²) >= 11 is 1.75. The van der Waals surface area contributed by atoms with Gasteiger partial charge in [0.25, 0.3) is 0 Å². The van der Waals surface area contributed by atoms with Crippen molar-refractivity contribution in [2.75, 3.05) is 0 Å². The molecular formula is C16H23NOS. The van der Waals surface area contributed by atoms with Gasteiger partial charge in [0.05, 0.1) is 5.25 Å². The second-order valence-corrected chi connectivity index (χ2v) is 6.92. The van der Waals surface area contributed by atoms with Gasteiger partial charge >= 0.3 is 0 Å². The Morgan fingerprint density at radius 2 is 2.00 bits per heavy atom. The van der Waals surface area contributed by atoms with Gasteiger partial charge in [-0.3, -0.25) is 4.79 Å². The van der Waals surface area contributed by atoms with Crippen LogP contribution in [0.15, 0.2) is 30.3 Å². The van der Waals surface area contributed by atoms with E-state index >= 15 is 0 Å². The lowest BCUT2D eigenvalue weighted by Crippen LogP contribution is -2.37. The predicted octanol–water partition coefficient (Wildman–Crippen LogP) is 3.47. The van der Waals surface area contributed by atoms with Crippen molar-refractivity contribution in [1.82, 2.24) is 5.32 Å². The number of thioether (sulfide) groups is 1. The van der Waals surface area contributed by atoms with Crippen molar-refractivity contribution in [3.63, 3.8) is 0 Å². The summed E-state index contributed by atoms with van der Waals surface area (Å²) in [5.41, 5.74) is 1.28. The van der Waals surface area contributed by atoms with Gasteiger partial charge in [0.1, 0.15) is 0 Å². The number of rotatable bonds is 6. The first kappa shape index (κ1) is 14.4. The minimum atomic E-state index is 0.0491. The lowest BCUT2D eigenvalue weighted by Gasteiger charge is -2.20. The van der Waals surface area contributed by atoms with Crippen LogP contribution >= 0.6 is 11.8 Å². The third-order valence-corrected chi connectivity index (χ3v) is 5.19. The molecule has 0 bridgehead atoms. The third-order valence-electron chi connectivity index (χ3n) is 3.57. The summed E-state index contributed by atoms with van der Waals surface area (Å²) < 4.78 is 0. The van der Waals surface area contributed by atoms with Crippen LogP contribution in [0, 0.1) is 11.8 Å². The zero-order valence-corrected chi connectivity index (χ0v) is 12.7. The van der Waals surface area contributed by atoms with Crippen molar-refractivity contribution in [2.45, 2.75) is 44.2 Å². The molecule has 1 saturated carbocycles. The van der Waals surface area contributed by atoms with E-state index in [-0.39, 0.29) is 11.2 Å². The molecule has 0 heterocycles. The summed E-state index contributed by atoms with van der Waals surface area (Å²) in [7, 11) is 0. The van der Waals surface area contributed by atoms with Crippen LogP contribution in [0.5, 0.6) is 0 Å². The van der Waals surface area contributed by atoms with Crippen molar-refractivity contribution in [3.8, 4) is 0 Å². The van der Waals surface area contributed by atoms with E-state index < -0.39 is 0 Å². The fourth-order valence-electron chi connectivity index (χ4n) is 2.12. The Hall–Kier alpha value is -0.960. The maximum absolute atomic E-state index is 12.3.